The van der Waals surface area contributed by atoms with Crippen molar-refractivity contribution in [1.82, 2.24) is 9.97 Å². The second kappa shape index (κ2) is 5.89. The first kappa shape index (κ1) is 12.9. The van der Waals surface area contributed by atoms with Crippen LogP contribution in [0.3, 0.4) is 0 Å². The van der Waals surface area contributed by atoms with E-state index in [-0.39, 0.29) is 0 Å². The van der Waals surface area contributed by atoms with Crippen molar-refractivity contribution < 1.29 is 4.74 Å². The van der Waals surface area contributed by atoms with Crippen LogP contribution in [-0.4, -0.2) is 36.7 Å². The first-order valence-corrected chi connectivity index (χ1v) is 6.65. The second-order valence-electron chi connectivity index (χ2n) is 4.58. The lowest BCUT2D eigenvalue weighted by atomic mass is 10.00. The number of hydrogen-bond donors (Lipinski definition) is 1. The Morgan fingerprint density at radius 2 is 2.28 bits per heavy atom. The van der Waals surface area contributed by atoms with Crippen molar-refractivity contribution in [3.8, 4) is 5.75 Å². The highest BCUT2D eigenvalue weighted by Crippen LogP contribution is 2.35. The van der Waals surface area contributed by atoms with Crippen molar-refractivity contribution >= 4 is 11.6 Å². The van der Waals surface area contributed by atoms with E-state index < -0.39 is 0 Å². The molecule has 1 atom stereocenters. The summed E-state index contributed by atoms with van der Waals surface area (Å²) in [6, 6.07) is 0.562. The van der Waals surface area contributed by atoms with Gasteiger partial charge in [0.05, 0.1) is 7.11 Å². The number of piperidine rings is 1. The van der Waals surface area contributed by atoms with Gasteiger partial charge in [-0.3, -0.25) is 0 Å². The molecule has 0 aliphatic carbocycles. The number of aromatic nitrogens is 2. The van der Waals surface area contributed by atoms with Crippen LogP contribution in [0.25, 0.3) is 0 Å². The molecule has 2 rings (SSSR count). The summed E-state index contributed by atoms with van der Waals surface area (Å²) < 4.78 is 5.48. The molecule has 5 nitrogen and oxygen atoms in total. The van der Waals surface area contributed by atoms with Crippen molar-refractivity contribution in [3.05, 3.63) is 6.33 Å². The molecule has 0 saturated carbocycles. The minimum Gasteiger partial charge on any atom is -0.490 e. The summed E-state index contributed by atoms with van der Waals surface area (Å²) in [5.74, 6) is 2.42. The molecule has 1 unspecified atom stereocenters. The van der Waals surface area contributed by atoms with Gasteiger partial charge in [0, 0.05) is 19.6 Å². The summed E-state index contributed by atoms with van der Waals surface area (Å²) in [6.45, 7) is 3.28. The molecular weight excluding hydrogens is 228 g/mol. The van der Waals surface area contributed by atoms with Crippen LogP contribution in [0, 0.1) is 0 Å². The number of anilines is 2. The van der Waals surface area contributed by atoms with Crippen LogP contribution in [0.5, 0.6) is 5.75 Å². The van der Waals surface area contributed by atoms with Gasteiger partial charge in [0.1, 0.15) is 6.33 Å². The molecular formula is C13H22N4O. The van der Waals surface area contributed by atoms with Gasteiger partial charge in [-0.15, -0.1) is 0 Å². The molecule has 0 amide bonds. The molecule has 5 heteroatoms. The lowest BCUT2D eigenvalue weighted by Crippen LogP contribution is -2.40. The summed E-state index contributed by atoms with van der Waals surface area (Å²) in [5, 5.41) is 3.06. The van der Waals surface area contributed by atoms with Gasteiger partial charge in [0.25, 0.3) is 0 Å². The van der Waals surface area contributed by atoms with Gasteiger partial charge >= 0.3 is 0 Å². The third kappa shape index (κ3) is 2.35. The fourth-order valence-electron chi connectivity index (χ4n) is 2.64. The lowest BCUT2D eigenvalue weighted by molar-refractivity contribution is 0.399. The Morgan fingerprint density at radius 1 is 1.44 bits per heavy atom. The smallest absolute Gasteiger partial charge is 0.204 e. The number of hydrogen-bond acceptors (Lipinski definition) is 5. The fourth-order valence-corrected chi connectivity index (χ4v) is 2.64. The van der Waals surface area contributed by atoms with E-state index in [9.17, 15) is 0 Å². The normalized spacial score (nSPS) is 19.7. The van der Waals surface area contributed by atoms with Crippen LogP contribution in [0.1, 0.15) is 32.6 Å². The van der Waals surface area contributed by atoms with Crippen molar-refractivity contribution in [3.63, 3.8) is 0 Å². The topological polar surface area (TPSA) is 50.3 Å². The van der Waals surface area contributed by atoms with E-state index in [1.54, 1.807) is 13.4 Å². The molecule has 1 aromatic rings. The van der Waals surface area contributed by atoms with Crippen LogP contribution in [0.4, 0.5) is 11.6 Å². The first-order chi connectivity index (χ1) is 8.81. The van der Waals surface area contributed by atoms with Gasteiger partial charge < -0.3 is 15.0 Å². The Hall–Kier alpha value is -1.52. The summed E-state index contributed by atoms with van der Waals surface area (Å²) in [6.07, 6.45) is 6.51. The molecule has 100 valence electrons. The first-order valence-electron chi connectivity index (χ1n) is 6.65. The average Bonchev–Trinajstić information content (AvgIpc) is 2.46. The van der Waals surface area contributed by atoms with Crippen molar-refractivity contribution in [2.24, 2.45) is 0 Å². The zero-order valence-corrected chi connectivity index (χ0v) is 11.4. The highest BCUT2D eigenvalue weighted by atomic mass is 16.5. The zero-order valence-electron chi connectivity index (χ0n) is 11.4. The van der Waals surface area contributed by atoms with Crippen LogP contribution in [0.2, 0.25) is 0 Å². The molecule has 1 aromatic heterocycles. The number of methoxy groups -OCH3 is 1. The van der Waals surface area contributed by atoms with Crippen LogP contribution < -0.4 is 15.0 Å². The van der Waals surface area contributed by atoms with Gasteiger partial charge in [-0.1, -0.05) is 6.92 Å². The maximum Gasteiger partial charge on any atom is 0.204 e. The Balaban J connectivity index is 2.36. The van der Waals surface area contributed by atoms with Gasteiger partial charge in [0.2, 0.25) is 5.75 Å². The van der Waals surface area contributed by atoms with E-state index in [2.05, 4.69) is 27.1 Å². The van der Waals surface area contributed by atoms with E-state index in [1.165, 1.54) is 19.3 Å². The van der Waals surface area contributed by atoms with Crippen LogP contribution in [-0.2, 0) is 0 Å². The molecule has 1 aliphatic heterocycles. The van der Waals surface area contributed by atoms with Gasteiger partial charge in [0.15, 0.2) is 11.6 Å². The molecule has 1 saturated heterocycles. The number of nitrogens with one attached hydrogen (secondary N) is 1. The van der Waals surface area contributed by atoms with Crippen molar-refractivity contribution in [1.29, 1.82) is 0 Å². The van der Waals surface area contributed by atoms with Crippen molar-refractivity contribution in [2.45, 2.75) is 38.6 Å². The number of ether oxygens (including phenoxy) is 1. The summed E-state index contributed by atoms with van der Waals surface area (Å²) in [4.78, 5) is 11.0. The zero-order chi connectivity index (χ0) is 13.0. The molecule has 0 bridgehead atoms. The maximum atomic E-state index is 5.48. The molecule has 18 heavy (non-hydrogen) atoms. The third-order valence-corrected chi connectivity index (χ3v) is 3.60. The SMILES string of the molecule is CCC1CCCCN1c1ncnc(NC)c1OC. The quantitative estimate of drug-likeness (QED) is 0.888. The van der Waals surface area contributed by atoms with Gasteiger partial charge in [-0.05, 0) is 25.7 Å². The predicted octanol–water partition coefficient (Wildman–Crippen LogP) is 2.30. The van der Waals surface area contributed by atoms with E-state index >= 15 is 0 Å². The summed E-state index contributed by atoms with van der Waals surface area (Å²) in [5.41, 5.74) is 0. The Labute approximate surface area is 109 Å². The minimum atomic E-state index is 0.562. The van der Waals surface area contributed by atoms with E-state index in [0.717, 1.165) is 30.4 Å². The second-order valence-corrected chi connectivity index (χ2v) is 4.58. The van der Waals surface area contributed by atoms with E-state index in [4.69, 9.17) is 4.74 Å². The molecule has 0 radical (unpaired) electrons. The van der Waals surface area contributed by atoms with Crippen molar-refractivity contribution in [2.75, 3.05) is 30.9 Å². The van der Waals surface area contributed by atoms with Crippen LogP contribution >= 0.6 is 0 Å². The molecule has 0 spiro atoms. The fraction of sp³-hybridized carbons (Fsp3) is 0.692. The standard InChI is InChI=1S/C13H22N4O/c1-4-10-7-5-6-8-17(10)13-11(18-3)12(14-2)15-9-16-13/h9-10H,4-8H2,1-3H3,(H,14,15,16). The molecule has 0 aromatic carbocycles. The predicted molar refractivity (Wildman–Crippen MR) is 73.4 cm³/mol. The van der Waals surface area contributed by atoms with Gasteiger partial charge in [-0.25, -0.2) is 9.97 Å². The maximum absolute atomic E-state index is 5.48. The molecule has 1 aliphatic rings. The summed E-state index contributed by atoms with van der Waals surface area (Å²) >= 11 is 0. The average molecular weight is 250 g/mol. The Kier molecular flexibility index (Phi) is 4.23. The molecule has 2 heterocycles. The highest BCUT2D eigenvalue weighted by molar-refractivity contribution is 5.65. The molecule has 1 N–H and O–H groups in total. The summed E-state index contributed by atoms with van der Waals surface area (Å²) in [7, 11) is 3.52. The number of nitrogens with zero attached hydrogens (tertiary/aromatic N) is 3. The van der Waals surface area contributed by atoms with Gasteiger partial charge in [-0.2, -0.15) is 0 Å². The van der Waals surface area contributed by atoms with Crippen LogP contribution in [0.15, 0.2) is 6.33 Å². The monoisotopic (exact) mass is 250 g/mol. The largest absolute Gasteiger partial charge is 0.490 e. The Morgan fingerprint density at radius 3 is 2.94 bits per heavy atom. The lowest BCUT2D eigenvalue weighted by Gasteiger charge is -2.36. The third-order valence-electron chi connectivity index (χ3n) is 3.60. The van der Waals surface area contributed by atoms with E-state index in [0.29, 0.717) is 6.04 Å². The Bertz CT molecular complexity index is 397. The molecule has 1 fully saturated rings. The highest BCUT2D eigenvalue weighted by Gasteiger charge is 2.26. The van der Waals surface area contributed by atoms with E-state index in [1.807, 2.05) is 7.05 Å². The minimum absolute atomic E-state index is 0.562. The number of rotatable bonds is 4.